The van der Waals surface area contributed by atoms with E-state index < -0.39 is 0 Å². The highest BCUT2D eigenvalue weighted by Gasteiger charge is 2.08. The molecule has 1 rings (SSSR count). The second-order valence-corrected chi connectivity index (χ2v) is 3.54. The Hall–Kier alpha value is -1.22. The summed E-state index contributed by atoms with van der Waals surface area (Å²) in [6, 6.07) is 5.87. The Balaban J connectivity index is 2.75. The van der Waals surface area contributed by atoms with Gasteiger partial charge in [-0.1, -0.05) is 6.07 Å². The normalized spacial score (nSPS) is 12.3. The average Bonchev–Trinajstić information content (AvgIpc) is 2.21. The first-order valence-electron chi connectivity index (χ1n) is 4.97. The third-order valence-corrected chi connectivity index (χ3v) is 2.05. The van der Waals surface area contributed by atoms with E-state index in [0.29, 0.717) is 6.61 Å². The standard InChI is InChI=1S/C12H18O3/c1-9-5-6-11(12(7-9)14-4)15-10(2)8-13-3/h5-7,10H,8H2,1-4H3/t10-/m0/s1. The van der Waals surface area contributed by atoms with Crippen LogP contribution in [0.2, 0.25) is 0 Å². The van der Waals surface area contributed by atoms with Gasteiger partial charge in [-0.05, 0) is 31.5 Å². The van der Waals surface area contributed by atoms with Crippen molar-refractivity contribution in [1.82, 2.24) is 0 Å². The molecule has 1 atom stereocenters. The van der Waals surface area contributed by atoms with Gasteiger partial charge < -0.3 is 14.2 Å². The van der Waals surface area contributed by atoms with E-state index >= 15 is 0 Å². The van der Waals surface area contributed by atoms with Gasteiger partial charge in [0.1, 0.15) is 6.10 Å². The molecular formula is C12H18O3. The summed E-state index contributed by atoms with van der Waals surface area (Å²) in [7, 11) is 3.30. The largest absolute Gasteiger partial charge is 0.493 e. The second-order valence-electron chi connectivity index (χ2n) is 3.54. The van der Waals surface area contributed by atoms with E-state index in [2.05, 4.69) is 0 Å². The van der Waals surface area contributed by atoms with Gasteiger partial charge in [-0.2, -0.15) is 0 Å². The Bertz CT molecular complexity index is 310. The lowest BCUT2D eigenvalue weighted by Gasteiger charge is -2.16. The zero-order valence-electron chi connectivity index (χ0n) is 9.74. The number of hydrogen-bond acceptors (Lipinski definition) is 3. The highest BCUT2D eigenvalue weighted by atomic mass is 16.5. The minimum atomic E-state index is 0.0200. The lowest BCUT2D eigenvalue weighted by atomic mass is 10.2. The molecule has 0 aliphatic rings. The molecule has 84 valence electrons. The van der Waals surface area contributed by atoms with Crippen molar-refractivity contribution in [2.24, 2.45) is 0 Å². The molecule has 1 aromatic rings. The van der Waals surface area contributed by atoms with Gasteiger partial charge in [-0.25, -0.2) is 0 Å². The van der Waals surface area contributed by atoms with Crippen LogP contribution in [-0.4, -0.2) is 26.9 Å². The molecule has 0 saturated heterocycles. The maximum atomic E-state index is 5.68. The summed E-state index contributed by atoms with van der Waals surface area (Å²) in [5.74, 6) is 1.52. The van der Waals surface area contributed by atoms with Crippen LogP contribution in [0.4, 0.5) is 0 Å². The summed E-state index contributed by atoms with van der Waals surface area (Å²) in [6.07, 6.45) is 0.0200. The molecule has 0 amide bonds. The third kappa shape index (κ3) is 3.44. The van der Waals surface area contributed by atoms with E-state index in [-0.39, 0.29) is 6.10 Å². The van der Waals surface area contributed by atoms with Crippen LogP contribution in [-0.2, 0) is 4.74 Å². The Kier molecular flexibility index (Phi) is 4.43. The Morgan fingerprint density at radius 3 is 2.53 bits per heavy atom. The molecule has 0 radical (unpaired) electrons. The first kappa shape index (κ1) is 11.9. The molecule has 0 aromatic heterocycles. The summed E-state index contributed by atoms with van der Waals surface area (Å²) in [6.45, 7) is 4.55. The van der Waals surface area contributed by atoms with Gasteiger partial charge in [0.2, 0.25) is 0 Å². The molecule has 0 heterocycles. The van der Waals surface area contributed by atoms with E-state index in [1.807, 2.05) is 32.0 Å². The number of methoxy groups -OCH3 is 2. The minimum Gasteiger partial charge on any atom is -0.493 e. The minimum absolute atomic E-state index is 0.0200. The predicted octanol–water partition coefficient (Wildman–Crippen LogP) is 2.42. The monoisotopic (exact) mass is 210 g/mol. The van der Waals surface area contributed by atoms with Gasteiger partial charge in [-0.3, -0.25) is 0 Å². The topological polar surface area (TPSA) is 27.7 Å². The Labute approximate surface area is 91.0 Å². The second kappa shape index (κ2) is 5.61. The molecular weight excluding hydrogens is 192 g/mol. The maximum absolute atomic E-state index is 5.68. The first-order valence-corrected chi connectivity index (χ1v) is 4.97. The molecule has 0 aliphatic heterocycles. The Morgan fingerprint density at radius 1 is 1.20 bits per heavy atom. The van der Waals surface area contributed by atoms with Crippen molar-refractivity contribution in [2.75, 3.05) is 20.8 Å². The quantitative estimate of drug-likeness (QED) is 0.747. The molecule has 3 heteroatoms. The van der Waals surface area contributed by atoms with Crippen molar-refractivity contribution < 1.29 is 14.2 Å². The summed E-state index contributed by atoms with van der Waals surface area (Å²) in [5, 5.41) is 0. The summed E-state index contributed by atoms with van der Waals surface area (Å²) in [5.41, 5.74) is 1.15. The van der Waals surface area contributed by atoms with E-state index in [0.717, 1.165) is 17.1 Å². The highest BCUT2D eigenvalue weighted by molar-refractivity contribution is 5.42. The number of aryl methyl sites for hydroxylation is 1. The fourth-order valence-corrected chi connectivity index (χ4v) is 1.36. The fourth-order valence-electron chi connectivity index (χ4n) is 1.36. The molecule has 3 nitrogen and oxygen atoms in total. The molecule has 0 spiro atoms. The van der Waals surface area contributed by atoms with Gasteiger partial charge in [0.25, 0.3) is 0 Å². The van der Waals surface area contributed by atoms with Crippen molar-refractivity contribution in [3.05, 3.63) is 23.8 Å². The smallest absolute Gasteiger partial charge is 0.161 e. The van der Waals surface area contributed by atoms with Crippen LogP contribution in [0.15, 0.2) is 18.2 Å². The van der Waals surface area contributed by atoms with Crippen LogP contribution in [0.3, 0.4) is 0 Å². The van der Waals surface area contributed by atoms with Crippen LogP contribution in [0.25, 0.3) is 0 Å². The molecule has 0 saturated carbocycles. The molecule has 0 fully saturated rings. The maximum Gasteiger partial charge on any atom is 0.161 e. The highest BCUT2D eigenvalue weighted by Crippen LogP contribution is 2.28. The van der Waals surface area contributed by atoms with Gasteiger partial charge in [-0.15, -0.1) is 0 Å². The lowest BCUT2D eigenvalue weighted by molar-refractivity contribution is 0.0900. The van der Waals surface area contributed by atoms with E-state index in [1.54, 1.807) is 14.2 Å². The zero-order chi connectivity index (χ0) is 11.3. The van der Waals surface area contributed by atoms with Crippen molar-refractivity contribution in [3.8, 4) is 11.5 Å². The summed E-state index contributed by atoms with van der Waals surface area (Å²) < 4.78 is 15.9. The number of hydrogen-bond donors (Lipinski definition) is 0. The fraction of sp³-hybridized carbons (Fsp3) is 0.500. The molecule has 0 unspecified atom stereocenters. The summed E-state index contributed by atoms with van der Waals surface area (Å²) in [4.78, 5) is 0. The van der Waals surface area contributed by atoms with Crippen LogP contribution < -0.4 is 9.47 Å². The Morgan fingerprint density at radius 2 is 1.93 bits per heavy atom. The van der Waals surface area contributed by atoms with Crippen molar-refractivity contribution >= 4 is 0 Å². The lowest BCUT2D eigenvalue weighted by Crippen LogP contribution is -2.18. The van der Waals surface area contributed by atoms with Gasteiger partial charge in [0.05, 0.1) is 13.7 Å². The average molecular weight is 210 g/mol. The molecule has 1 aromatic carbocycles. The predicted molar refractivity (Wildman–Crippen MR) is 59.7 cm³/mol. The van der Waals surface area contributed by atoms with Crippen molar-refractivity contribution in [1.29, 1.82) is 0 Å². The third-order valence-electron chi connectivity index (χ3n) is 2.05. The van der Waals surface area contributed by atoms with Gasteiger partial charge >= 0.3 is 0 Å². The van der Waals surface area contributed by atoms with Crippen LogP contribution >= 0.6 is 0 Å². The van der Waals surface area contributed by atoms with Gasteiger partial charge in [0.15, 0.2) is 11.5 Å². The van der Waals surface area contributed by atoms with Crippen molar-refractivity contribution in [3.63, 3.8) is 0 Å². The molecule has 0 N–H and O–H groups in total. The molecule has 0 bridgehead atoms. The molecule has 15 heavy (non-hydrogen) atoms. The van der Waals surface area contributed by atoms with Crippen LogP contribution in [0.5, 0.6) is 11.5 Å². The van der Waals surface area contributed by atoms with Crippen molar-refractivity contribution in [2.45, 2.75) is 20.0 Å². The van der Waals surface area contributed by atoms with Crippen LogP contribution in [0.1, 0.15) is 12.5 Å². The number of benzene rings is 1. The molecule has 0 aliphatic carbocycles. The number of rotatable bonds is 5. The van der Waals surface area contributed by atoms with Crippen LogP contribution in [0, 0.1) is 6.92 Å². The van der Waals surface area contributed by atoms with E-state index in [9.17, 15) is 0 Å². The van der Waals surface area contributed by atoms with E-state index in [4.69, 9.17) is 14.2 Å². The first-order chi connectivity index (χ1) is 7.17. The number of ether oxygens (including phenoxy) is 3. The van der Waals surface area contributed by atoms with E-state index in [1.165, 1.54) is 0 Å². The summed E-state index contributed by atoms with van der Waals surface area (Å²) >= 11 is 0. The van der Waals surface area contributed by atoms with Gasteiger partial charge in [0, 0.05) is 7.11 Å². The zero-order valence-corrected chi connectivity index (χ0v) is 9.74. The SMILES string of the molecule is COC[C@H](C)Oc1ccc(C)cc1OC.